The molecule has 15 heavy (non-hydrogen) atoms. The maximum Gasteiger partial charge on any atom is 0.150 e. The van der Waals surface area contributed by atoms with Crippen molar-refractivity contribution in [3.63, 3.8) is 0 Å². The van der Waals surface area contributed by atoms with Crippen molar-refractivity contribution in [2.24, 2.45) is 0 Å². The third kappa shape index (κ3) is 2.15. The van der Waals surface area contributed by atoms with Crippen molar-refractivity contribution in [3.05, 3.63) is 43.1 Å². The monoisotopic (exact) mass is 202 g/mol. The molecule has 78 valence electrons. The predicted molar refractivity (Wildman–Crippen MR) is 59.5 cm³/mol. The average Bonchev–Trinajstić information content (AvgIpc) is 2.80. The van der Waals surface area contributed by atoms with Gasteiger partial charge < -0.3 is 0 Å². The van der Waals surface area contributed by atoms with E-state index in [9.17, 15) is 0 Å². The Kier molecular flexibility index (Phi) is 2.97. The van der Waals surface area contributed by atoms with Gasteiger partial charge in [0.1, 0.15) is 6.33 Å². The van der Waals surface area contributed by atoms with Gasteiger partial charge in [0.05, 0.1) is 0 Å². The molecule has 0 aliphatic carbocycles. The molecule has 0 saturated heterocycles. The largest absolute Gasteiger partial charge is 0.267 e. The Hall–Kier alpha value is -1.84. The molecule has 4 nitrogen and oxygen atoms in total. The Morgan fingerprint density at radius 3 is 2.73 bits per heavy atom. The molecule has 0 aliphatic heterocycles. The average molecular weight is 202 g/mol. The van der Waals surface area contributed by atoms with E-state index < -0.39 is 0 Å². The predicted octanol–water partition coefficient (Wildman–Crippen LogP) is 1.96. The molecule has 0 saturated carbocycles. The summed E-state index contributed by atoms with van der Waals surface area (Å²) in [7, 11) is 0. The smallest absolute Gasteiger partial charge is 0.150 e. The van der Waals surface area contributed by atoms with Crippen LogP contribution >= 0.6 is 0 Å². The Labute approximate surface area is 89.2 Å². The van der Waals surface area contributed by atoms with E-state index in [2.05, 4.69) is 21.9 Å². The van der Waals surface area contributed by atoms with Crippen LogP contribution < -0.4 is 5.01 Å². The number of hydrogen-bond donors (Lipinski definition) is 0. The van der Waals surface area contributed by atoms with Crippen LogP contribution in [0, 0.1) is 0 Å². The van der Waals surface area contributed by atoms with E-state index in [-0.39, 0.29) is 0 Å². The van der Waals surface area contributed by atoms with Crippen LogP contribution in [-0.2, 0) is 0 Å². The molecular weight excluding hydrogens is 188 g/mol. The zero-order chi connectivity index (χ0) is 10.5. The highest BCUT2D eigenvalue weighted by molar-refractivity contribution is 5.35. The molecule has 0 amide bonds. The normalized spacial score (nSPS) is 10.2. The quantitative estimate of drug-likeness (QED) is 0.760. The van der Waals surface area contributed by atoms with Gasteiger partial charge >= 0.3 is 0 Å². The zero-order valence-electron chi connectivity index (χ0n) is 8.74. The lowest BCUT2D eigenvalue weighted by atomic mass is 10.4. The number of aromatic nitrogens is 3. The molecule has 2 heterocycles. The van der Waals surface area contributed by atoms with Crippen molar-refractivity contribution >= 4 is 5.82 Å². The first kappa shape index (κ1) is 9.71. The Bertz CT molecular complexity index is 382. The van der Waals surface area contributed by atoms with Crippen molar-refractivity contribution < 1.29 is 0 Å². The van der Waals surface area contributed by atoms with Crippen LogP contribution in [0.25, 0.3) is 0 Å². The van der Waals surface area contributed by atoms with Gasteiger partial charge in [-0.15, -0.1) is 0 Å². The van der Waals surface area contributed by atoms with Crippen molar-refractivity contribution in [1.82, 2.24) is 14.6 Å². The Morgan fingerprint density at radius 2 is 2.13 bits per heavy atom. The summed E-state index contributed by atoms with van der Waals surface area (Å²) in [6, 6.07) is 5.92. The van der Waals surface area contributed by atoms with E-state index in [0.29, 0.717) is 0 Å². The fourth-order valence-electron chi connectivity index (χ4n) is 1.48. The maximum atomic E-state index is 4.25. The van der Waals surface area contributed by atoms with Gasteiger partial charge in [-0.25, -0.2) is 9.97 Å². The third-order valence-electron chi connectivity index (χ3n) is 2.13. The molecule has 0 radical (unpaired) electrons. The number of anilines is 1. The summed E-state index contributed by atoms with van der Waals surface area (Å²) in [5.41, 5.74) is 0. The summed E-state index contributed by atoms with van der Waals surface area (Å²) in [5.74, 6) is 0.919. The molecule has 0 atom stereocenters. The molecule has 0 unspecified atom stereocenters. The molecule has 0 aliphatic rings. The minimum atomic E-state index is 0.919. The third-order valence-corrected chi connectivity index (χ3v) is 2.13. The van der Waals surface area contributed by atoms with E-state index in [1.165, 1.54) is 0 Å². The zero-order valence-corrected chi connectivity index (χ0v) is 8.74. The molecule has 0 fully saturated rings. The first-order valence-electron chi connectivity index (χ1n) is 5.08. The number of nitrogens with zero attached hydrogens (tertiary/aromatic N) is 4. The molecule has 2 rings (SSSR count). The van der Waals surface area contributed by atoms with Crippen LogP contribution in [0.2, 0.25) is 0 Å². The molecule has 2 aromatic rings. The van der Waals surface area contributed by atoms with E-state index in [1.54, 1.807) is 12.5 Å². The maximum absolute atomic E-state index is 4.25. The minimum Gasteiger partial charge on any atom is -0.267 e. The molecule has 0 bridgehead atoms. The molecule has 4 heteroatoms. The second kappa shape index (κ2) is 4.59. The SMILES string of the molecule is CCCN(c1ccncn1)n1cccc1. The van der Waals surface area contributed by atoms with Gasteiger partial charge in [0.25, 0.3) is 0 Å². The second-order valence-corrected chi connectivity index (χ2v) is 3.25. The number of rotatable bonds is 4. The van der Waals surface area contributed by atoms with Crippen LogP contribution in [0.15, 0.2) is 43.1 Å². The standard InChI is InChI=1S/C11H14N4/c1-2-7-15(14-8-3-4-9-14)11-5-6-12-10-13-11/h3-6,8-10H,2,7H2,1H3. The Balaban J connectivity index is 2.28. The Morgan fingerprint density at radius 1 is 1.33 bits per heavy atom. The minimum absolute atomic E-state index is 0.919. The summed E-state index contributed by atoms with van der Waals surface area (Å²) in [6.45, 7) is 3.09. The van der Waals surface area contributed by atoms with Gasteiger partial charge in [0.2, 0.25) is 0 Å². The second-order valence-electron chi connectivity index (χ2n) is 3.25. The number of hydrogen-bond acceptors (Lipinski definition) is 3. The van der Waals surface area contributed by atoms with Crippen LogP contribution in [0.3, 0.4) is 0 Å². The van der Waals surface area contributed by atoms with Gasteiger partial charge in [-0.05, 0) is 18.6 Å². The van der Waals surface area contributed by atoms with Crippen molar-refractivity contribution in [2.75, 3.05) is 11.6 Å². The molecule has 0 N–H and O–H groups in total. The van der Waals surface area contributed by atoms with E-state index in [1.807, 2.05) is 35.3 Å². The highest BCUT2D eigenvalue weighted by atomic mass is 15.6. The summed E-state index contributed by atoms with van der Waals surface area (Å²) < 4.78 is 2.03. The van der Waals surface area contributed by atoms with Crippen molar-refractivity contribution in [2.45, 2.75) is 13.3 Å². The summed E-state index contributed by atoms with van der Waals surface area (Å²) in [4.78, 5) is 8.17. The fourth-order valence-corrected chi connectivity index (χ4v) is 1.48. The van der Waals surface area contributed by atoms with E-state index in [4.69, 9.17) is 0 Å². The summed E-state index contributed by atoms with van der Waals surface area (Å²) in [5, 5.41) is 2.11. The topological polar surface area (TPSA) is 34.0 Å². The first-order valence-corrected chi connectivity index (χ1v) is 5.08. The van der Waals surface area contributed by atoms with Crippen LogP contribution in [0.4, 0.5) is 5.82 Å². The van der Waals surface area contributed by atoms with Gasteiger partial charge in [0.15, 0.2) is 5.82 Å². The lowest BCUT2D eigenvalue weighted by Gasteiger charge is -2.23. The van der Waals surface area contributed by atoms with Gasteiger partial charge in [0, 0.05) is 31.2 Å². The lowest BCUT2D eigenvalue weighted by molar-refractivity contribution is 0.667. The van der Waals surface area contributed by atoms with E-state index >= 15 is 0 Å². The fraction of sp³-hybridized carbons (Fsp3) is 0.273. The molecular formula is C11H14N4. The van der Waals surface area contributed by atoms with Gasteiger partial charge in [-0.2, -0.15) is 0 Å². The molecule has 0 spiro atoms. The van der Waals surface area contributed by atoms with Crippen molar-refractivity contribution in [1.29, 1.82) is 0 Å². The van der Waals surface area contributed by atoms with Crippen molar-refractivity contribution in [3.8, 4) is 0 Å². The summed E-state index contributed by atoms with van der Waals surface area (Å²) in [6.07, 6.45) is 8.42. The van der Waals surface area contributed by atoms with E-state index in [0.717, 1.165) is 18.8 Å². The van der Waals surface area contributed by atoms with Crippen LogP contribution in [0.1, 0.15) is 13.3 Å². The van der Waals surface area contributed by atoms with Gasteiger partial charge in [-0.1, -0.05) is 6.92 Å². The first-order chi connectivity index (χ1) is 7.42. The highest BCUT2D eigenvalue weighted by Crippen LogP contribution is 2.10. The van der Waals surface area contributed by atoms with Gasteiger partial charge in [-0.3, -0.25) is 9.69 Å². The molecule has 0 aromatic carbocycles. The summed E-state index contributed by atoms with van der Waals surface area (Å²) >= 11 is 0. The lowest BCUT2D eigenvalue weighted by Crippen LogP contribution is -2.29. The molecule has 2 aromatic heterocycles. The van der Waals surface area contributed by atoms with Crippen LogP contribution in [0.5, 0.6) is 0 Å². The highest BCUT2D eigenvalue weighted by Gasteiger charge is 2.06. The van der Waals surface area contributed by atoms with Crippen LogP contribution in [-0.4, -0.2) is 21.2 Å².